The fourth-order valence-corrected chi connectivity index (χ4v) is 3.49. The number of amides is 1. The van der Waals surface area contributed by atoms with Gasteiger partial charge in [-0.3, -0.25) is 9.69 Å². The largest absolute Gasteiger partial charge is 0.366 e. The first-order valence-electron chi connectivity index (χ1n) is 8.80. The molecule has 1 fully saturated rings. The molecule has 1 saturated heterocycles. The van der Waals surface area contributed by atoms with Crippen LogP contribution in [0.3, 0.4) is 0 Å². The highest BCUT2D eigenvalue weighted by atomic mass is 35.5. The first-order valence-corrected chi connectivity index (χ1v) is 9.18. The zero-order valence-electron chi connectivity index (χ0n) is 15.0. The Hall–Kier alpha value is -2.81. The van der Waals surface area contributed by atoms with Crippen LogP contribution in [0.5, 0.6) is 0 Å². The minimum atomic E-state index is -0.263. The lowest BCUT2D eigenvalue weighted by Crippen LogP contribution is -2.46. The number of nitriles is 1. The van der Waals surface area contributed by atoms with E-state index < -0.39 is 0 Å². The second-order valence-electron chi connectivity index (χ2n) is 6.36. The maximum atomic E-state index is 12.7. The summed E-state index contributed by atoms with van der Waals surface area (Å²) in [4.78, 5) is 17.2. The minimum Gasteiger partial charge on any atom is -0.366 e. The Morgan fingerprint density at radius 3 is 2.67 bits per heavy atom. The number of nitrogens with zero attached hydrogens (tertiary/aromatic N) is 3. The van der Waals surface area contributed by atoms with Gasteiger partial charge in [0.2, 0.25) is 0 Å². The summed E-state index contributed by atoms with van der Waals surface area (Å²) in [6, 6.07) is 14.2. The van der Waals surface area contributed by atoms with Gasteiger partial charge in [-0.1, -0.05) is 29.8 Å². The number of benzene rings is 2. The van der Waals surface area contributed by atoms with Gasteiger partial charge in [0.25, 0.3) is 5.91 Å². The van der Waals surface area contributed by atoms with Crippen LogP contribution < -0.4 is 10.2 Å². The molecule has 0 unspecified atom stereocenters. The predicted molar refractivity (Wildman–Crippen MR) is 109 cm³/mol. The van der Waals surface area contributed by atoms with E-state index in [4.69, 9.17) is 16.9 Å². The molecule has 0 radical (unpaired) electrons. The Kier molecular flexibility index (Phi) is 6.12. The molecule has 1 N–H and O–H groups in total. The molecule has 6 heteroatoms. The molecule has 1 amide bonds. The van der Waals surface area contributed by atoms with Crippen molar-refractivity contribution >= 4 is 28.9 Å². The average Bonchev–Trinajstić information content (AvgIpc) is 2.69. The van der Waals surface area contributed by atoms with Gasteiger partial charge in [-0.2, -0.15) is 5.26 Å². The average molecular weight is 381 g/mol. The van der Waals surface area contributed by atoms with Gasteiger partial charge in [0.15, 0.2) is 0 Å². The SMILES string of the molecule is C=CCN1CCN(c2c(Cl)cccc2NC(=O)c2cccc(C#N)c2)CC1. The molecule has 0 atom stereocenters. The Bertz CT molecular complexity index is 882. The lowest BCUT2D eigenvalue weighted by Gasteiger charge is -2.36. The summed E-state index contributed by atoms with van der Waals surface area (Å²) >= 11 is 6.47. The van der Waals surface area contributed by atoms with Crippen LogP contribution in [0.15, 0.2) is 55.1 Å². The zero-order chi connectivity index (χ0) is 19.2. The van der Waals surface area contributed by atoms with Crippen molar-refractivity contribution in [1.82, 2.24) is 4.90 Å². The van der Waals surface area contributed by atoms with Gasteiger partial charge in [-0.15, -0.1) is 6.58 Å². The molecular formula is C21H21ClN4O. The third-order valence-electron chi connectivity index (χ3n) is 4.56. The molecule has 1 heterocycles. The molecule has 0 aliphatic carbocycles. The van der Waals surface area contributed by atoms with Crippen molar-refractivity contribution in [2.75, 3.05) is 42.9 Å². The number of piperazine rings is 1. The fraction of sp³-hybridized carbons (Fsp3) is 0.238. The van der Waals surface area contributed by atoms with Gasteiger partial charge in [0.05, 0.1) is 28.0 Å². The van der Waals surface area contributed by atoms with Crippen molar-refractivity contribution in [2.24, 2.45) is 0 Å². The first-order chi connectivity index (χ1) is 13.1. The van der Waals surface area contributed by atoms with E-state index in [9.17, 15) is 4.79 Å². The minimum absolute atomic E-state index is 0.263. The summed E-state index contributed by atoms with van der Waals surface area (Å²) < 4.78 is 0. The fourth-order valence-electron chi connectivity index (χ4n) is 3.20. The molecule has 0 saturated carbocycles. The van der Waals surface area contributed by atoms with E-state index in [0.29, 0.717) is 21.8 Å². The third kappa shape index (κ3) is 4.48. The number of carbonyl (C=O) groups is 1. The summed E-state index contributed by atoms with van der Waals surface area (Å²) in [7, 11) is 0. The molecule has 27 heavy (non-hydrogen) atoms. The van der Waals surface area contributed by atoms with Crippen molar-refractivity contribution in [3.8, 4) is 6.07 Å². The van der Waals surface area contributed by atoms with Gasteiger partial charge >= 0.3 is 0 Å². The van der Waals surface area contributed by atoms with Gasteiger partial charge in [-0.25, -0.2) is 0 Å². The van der Waals surface area contributed by atoms with E-state index in [0.717, 1.165) is 38.4 Å². The Balaban J connectivity index is 1.80. The van der Waals surface area contributed by atoms with Crippen LogP contribution in [-0.2, 0) is 0 Å². The Labute approximate surface area is 164 Å². The molecule has 1 aliphatic rings. The molecule has 3 rings (SSSR count). The second-order valence-corrected chi connectivity index (χ2v) is 6.77. The maximum Gasteiger partial charge on any atom is 0.255 e. The van der Waals surface area contributed by atoms with Crippen LogP contribution in [0, 0.1) is 11.3 Å². The molecule has 1 aliphatic heterocycles. The van der Waals surface area contributed by atoms with E-state index in [1.54, 1.807) is 24.3 Å². The first kappa shape index (κ1) is 19.0. The number of nitrogens with one attached hydrogen (secondary N) is 1. The topological polar surface area (TPSA) is 59.4 Å². The molecule has 2 aromatic rings. The van der Waals surface area contributed by atoms with Crippen molar-refractivity contribution < 1.29 is 4.79 Å². The zero-order valence-corrected chi connectivity index (χ0v) is 15.7. The molecule has 138 valence electrons. The van der Waals surface area contributed by atoms with Gasteiger partial charge in [0, 0.05) is 38.3 Å². The highest BCUT2D eigenvalue weighted by Crippen LogP contribution is 2.34. The number of para-hydroxylation sites is 1. The molecule has 0 bridgehead atoms. The van der Waals surface area contributed by atoms with Crippen LogP contribution in [0.1, 0.15) is 15.9 Å². The lowest BCUT2D eigenvalue weighted by atomic mass is 10.1. The number of rotatable bonds is 5. The summed E-state index contributed by atoms with van der Waals surface area (Å²) in [5.41, 5.74) is 2.40. The summed E-state index contributed by atoms with van der Waals surface area (Å²) in [6.07, 6.45) is 1.91. The number of hydrogen-bond donors (Lipinski definition) is 1. The highest BCUT2D eigenvalue weighted by Gasteiger charge is 2.21. The van der Waals surface area contributed by atoms with Crippen LogP contribution >= 0.6 is 11.6 Å². The summed E-state index contributed by atoms with van der Waals surface area (Å²) in [5, 5.41) is 12.6. The van der Waals surface area contributed by atoms with Crippen LogP contribution in [0.4, 0.5) is 11.4 Å². The monoisotopic (exact) mass is 380 g/mol. The van der Waals surface area contributed by atoms with E-state index in [1.807, 2.05) is 24.3 Å². The van der Waals surface area contributed by atoms with Gasteiger partial charge in [-0.05, 0) is 30.3 Å². The number of hydrogen-bond acceptors (Lipinski definition) is 4. The quantitative estimate of drug-likeness (QED) is 0.802. The number of carbonyl (C=O) groups excluding carboxylic acids is 1. The van der Waals surface area contributed by atoms with Crippen LogP contribution in [-0.4, -0.2) is 43.5 Å². The van der Waals surface area contributed by atoms with E-state index >= 15 is 0 Å². The highest BCUT2D eigenvalue weighted by molar-refractivity contribution is 6.34. The number of halogens is 1. The van der Waals surface area contributed by atoms with E-state index in [-0.39, 0.29) is 5.91 Å². The predicted octanol–water partition coefficient (Wildman–Crippen LogP) is 3.77. The molecular weight excluding hydrogens is 360 g/mol. The molecule has 5 nitrogen and oxygen atoms in total. The van der Waals surface area contributed by atoms with Crippen molar-refractivity contribution in [3.63, 3.8) is 0 Å². The van der Waals surface area contributed by atoms with Crippen molar-refractivity contribution in [2.45, 2.75) is 0 Å². The Morgan fingerprint density at radius 1 is 1.22 bits per heavy atom. The molecule has 2 aromatic carbocycles. The molecule has 0 aromatic heterocycles. The van der Waals surface area contributed by atoms with Crippen LogP contribution in [0.25, 0.3) is 0 Å². The summed E-state index contributed by atoms with van der Waals surface area (Å²) in [5.74, 6) is -0.263. The van der Waals surface area contributed by atoms with Crippen molar-refractivity contribution in [1.29, 1.82) is 5.26 Å². The number of anilines is 2. The smallest absolute Gasteiger partial charge is 0.255 e. The van der Waals surface area contributed by atoms with Gasteiger partial charge in [0.1, 0.15) is 0 Å². The van der Waals surface area contributed by atoms with E-state index in [2.05, 4.69) is 27.8 Å². The van der Waals surface area contributed by atoms with Crippen LogP contribution in [0.2, 0.25) is 5.02 Å². The summed E-state index contributed by atoms with van der Waals surface area (Å²) in [6.45, 7) is 8.13. The normalized spacial score (nSPS) is 14.4. The second kappa shape index (κ2) is 8.72. The Morgan fingerprint density at radius 2 is 1.96 bits per heavy atom. The lowest BCUT2D eigenvalue weighted by molar-refractivity contribution is 0.102. The van der Waals surface area contributed by atoms with Gasteiger partial charge < -0.3 is 10.2 Å². The van der Waals surface area contributed by atoms with E-state index in [1.165, 1.54) is 0 Å². The standard InChI is InChI=1S/C21H21ClN4O/c1-2-9-25-10-12-26(13-11-25)20-18(22)7-4-8-19(20)24-21(27)17-6-3-5-16(14-17)15-23/h2-8,14H,1,9-13H2,(H,24,27). The van der Waals surface area contributed by atoms with Crippen molar-refractivity contribution in [3.05, 3.63) is 71.3 Å². The molecule has 0 spiro atoms. The maximum absolute atomic E-state index is 12.7. The third-order valence-corrected chi connectivity index (χ3v) is 4.87.